The van der Waals surface area contributed by atoms with Crippen LogP contribution in [0.1, 0.15) is 58.3 Å². The normalized spacial score (nSPS) is 18.8. The van der Waals surface area contributed by atoms with Crippen LogP contribution < -0.4 is 0 Å². The lowest BCUT2D eigenvalue weighted by molar-refractivity contribution is -0.143. The summed E-state index contributed by atoms with van der Waals surface area (Å²) in [5.74, 6) is 1.96. The van der Waals surface area contributed by atoms with Gasteiger partial charge in [-0.25, -0.2) is 0 Å². The summed E-state index contributed by atoms with van der Waals surface area (Å²) in [6.45, 7) is 6.26. The minimum absolute atomic E-state index is 0.0321. The van der Waals surface area contributed by atoms with Crippen LogP contribution in [-0.2, 0) is 9.53 Å². The highest BCUT2D eigenvalue weighted by Crippen LogP contribution is 2.33. The fraction of sp³-hybridized carbons (Fsp3) is 0.938. The van der Waals surface area contributed by atoms with Gasteiger partial charge in [0.25, 0.3) is 0 Å². The standard InChI is InChI=1S/C16H29NO2/c1-2-19-16(18)6-4-3-5-11-17(12-14-7-8-14)13-15-9-10-15/h14-15H,2-13H2,1H3. The van der Waals surface area contributed by atoms with Crippen LogP contribution in [0.25, 0.3) is 0 Å². The molecule has 0 heterocycles. The second kappa shape index (κ2) is 7.88. The Morgan fingerprint density at radius 2 is 1.68 bits per heavy atom. The Hall–Kier alpha value is -0.570. The van der Waals surface area contributed by atoms with Crippen LogP contribution in [-0.4, -0.2) is 37.1 Å². The van der Waals surface area contributed by atoms with E-state index < -0.39 is 0 Å². The molecule has 3 heteroatoms. The van der Waals surface area contributed by atoms with E-state index in [-0.39, 0.29) is 5.97 Å². The summed E-state index contributed by atoms with van der Waals surface area (Å²) in [4.78, 5) is 13.9. The highest BCUT2D eigenvalue weighted by atomic mass is 16.5. The maximum absolute atomic E-state index is 11.2. The topological polar surface area (TPSA) is 29.5 Å². The molecule has 2 rings (SSSR count). The third-order valence-electron chi connectivity index (χ3n) is 4.09. The molecule has 0 aliphatic heterocycles. The first kappa shape index (κ1) is 14.8. The molecular weight excluding hydrogens is 238 g/mol. The molecule has 2 saturated carbocycles. The van der Waals surface area contributed by atoms with Crippen molar-refractivity contribution < 1.29 is 9.53 Å². The van der Waals surface area contributed by atoms with Gasteiger partial charge in [-0.15, -0.1) is 0 Å². The number of rotatable bonds is 11. The molecule has 0 spiro atoms. The fourth-order valence-corrected chi connectivity index (χ4v) is 2.60. The van der Waals surface area contributed by atoms with Gasteiger partial charge in [-0.1, -0.05) is 6.42 Å². The highest BCUT2D eigenvalue weighted by Gasteiger charge is 2.28. The van der Waals surface area contributed by atoms with Gasteiger partial charge in [-0.2, -0.15) is 0 Å². The number of carbonyl (C=O) groups is 1. The largest absolute Gasteiger partial charge is 0.466 e. The predicted octanol–water partition coefficient (Wildman–Crippen LogP) is 3.23. The van der Waals surface area contributed by atoms with E-state index in [0.29, 0.717) is 13.0 Å². The zero-order valence-electron chi connectivity index (χ0n) is 12.4. The number of esters is 1. The van der Waals surface area contributed by atoms with Crippen molar-refractivity contribution in [3.63, 3.8) is 0 Å². The van der Waals surface area contributed by atoms with Gasteiger partial charge in [0.1, 0.15) is 0 Å². The molecular formula is C16H29NO2. The second-order valence-corrected chi connectivity index (χ2v) is 6.26. The second-order valence-electron chi connectivity index (χ2n) is 6.26. The van der Waals surface area contributed by atoms with E-state index >= 15 is 0 Å². The fourth-order valence-electron chi connectivity index (χ4n) is 2.60. The van der Waals surface area contributed by atoms with Crippen molar-refractivity contribution in [2.75, 3.05) is 26.2 Å². The van der Waals surface area contributed by atoms with Gasteiger partial charge in [0, 0.05) is 19.5 Å². The SMILES string of the molecule is CCOC(=O)CCCCCN(CC1CC1)CC1CC1. The third kappa shape index (κ3) is 6.95. The molecule has 0 radical (unpaired) electrons. The van der Waals surface area contributed by atoms with E-state index in [9.17, 15) is 4.79 Å². The average Bonchev–Trinajstić information content (AvgIpc) is 3.24. The summed E-state index contributed by atoms with van der Waals surface area (Å²) in [5, 5.41) is 0. The first-order valence-electron chi connectivity index (χ1n) is 8.16. The van der Waals surface area contributed by atoms with Crippen molar-refractivity contribution >= 4 is 5.97 Å². The Morgan fingerprint density at radius 1 is 1.05 bits per heavy atom. The quantitative estimate of drug-likeness (QED) is 0.425. The van der Waals surface area contributed by atoms with Gasteiger partial charge in [0.15, 0.2) is 0 Å². The maximum Gasteiger partial charge on any atom is 0.305 e. The molecule has 2 aliphatic rings. The van der Waals surface area contributed by atoms with Crippen LogP contribution in [0.2, 0.25) is 0 Å². The number of carbonyl (C=O) groups excluding carboxylic acids is 1. The van der Waals surface area contributed by atoms with Crippen molar-refractivity contribution in [1.29, 1.82) is 0 Å². The number of hydrogen-bond acceptors (Lipinski definition) is 3. The number of nitrogens with zero attached hydrogens (tertiary/aromatic N) is 1. The van der Waals surface area contributed by atoms with Crippen molar-refractivity contribution in [2.24, 2.45) is 11.8 Å². The summed E-state index contributed by atoms with van der Waals surface area (Å²) in [7, 11) is 0. The van der Waals surface area contributed by atoms with Crippen LogP contribution in [0, 0.1) is 11.8 Å². The highest BCUT2D eigenvalue weighted by molar-refractivity contribution is 5.69. The van der Waals surface area contributed by atoms with Gasteiger partial charge < -0.3 is 9.64 Å². The van der Waals surface area contributed by atoms with Crippen LogP contribution in [0.5, 0.6) is 0 Å². The monoisotopic (exact) mass is 267 g/mol. The molecule has 0 atom stereocenters. The first-order valence-corrected chi connectivity index (χ1v) is 8.16. The van der Waals surface area contributed by atoms with E-state index in [0.717, 1.165) is 24.7 Å². The Morgan fingerprint density at radius 3 is 2.21 bits per heavy atom. The predicted molar refractivity (Wildman–Crippen MR) is 77.0 cm³/mol. The molecule has 3 nitrogen and oxygen atoms in total. The van der Waals surface area contributed by atoms with Crippen molar-refractivity contribution in [3.8, 4) is 0 Å². The summed E-state index contributed by atoms with van der Waals surface area (Å²) in [6.07, 6.45) is 9.77. The lowest BCUT2D eigenvalue weighted by Gasteiger charge is -2.22. The Balaban J connectivity index is 1.50. The minimum Gasteiger partial charge on any atom is -0.466 e. The molecule has 0 aromatic carbocycles. The van der Waals surface area contributed by atoms with E-state index in [1.165, 1.54) is 51.7 Å². The number of ether oxygens (including phenoxy) is 1. The van der Waals surface area contributed by atoms with Gasteiger partial charge in [0.2, 0.25) is 0 Å². The lowest BCUT2D eigenvalue weighted by atomic mass is 10.2. The van der Waals surface area contributed by atoms with Gasteiger partial charge in [-0.05, 0) is 63.8 Å². The molecule has 0 amide bonds. The molecule has 0 N–H and O–H groups in total. The summed E-state index contributed by atoms with van der Waals surface area (Å²) in [6, 6.07) is 0. The summed E-state index contributed by atoms with van der Waals surface area (Å²) < 4.78 is 4.94. The van der Waals surface area contributed by atoms with Gasteiger partial charge in [-0.3, -0.25) is 4.79 Å². The first-order chi connectivity index (χ1) is 9.28. The Kier molecular flexibility index (Phi) is 6.15. The molecule has 0 saturated heterocycles. The van der Waals surface area contributed by atoms with Crippen molar-refractivity contribution in [2.45, 2.75) is 58.3 Å². The molecule has 0 aromatic heterocycles. The van der Waals surface area contributed by atoms with Crippen LogP contribution in [0.4, 0.5) is 0 Å². The van der Waals surface area contributed by atoms with Crippen LogP contribution >= 0.6 is 0 Å². The summed E-state index contributed by atoms with van der Waals surface area (Å²) >= 11 is 0. The maximum atomic E-state index is 11.2. The van der Waals surface area contributed by atoms with Crippen molar-refractivity contribution in [3.05, 3.63) is 0 Å². The third-order valence-corrected chi connectivity index (χ3v) is 4.09. The Bertz CT molecular complexity index is 258. The zero-order chi connectivity index (χ0) is 13.5. The van der Waals surface area contributed by atoms with E-state index in [1.54, 1.807) is 0 Å². The molecule has 0 bridgehead atoms. The van der Waals surface area contributed by atoms with Crippen LogP contribution in [0.15, 0.2) is 0 Å². The van der Waals surface area contributed by atoms with E-state index in [2.05, 4.69) is 4.90 Å². The van der Waals surface area contributed by atoms with Crippen molar-refractivity contribution in [1.82, 2.24) is 4.90 Å². The molecule has 2 fully saturated rings. The average molecular weight is 267 g/mol. The molecule has 2 aliphatic carbocycles. The van der Waals surface area contributed by atoms with Crippen LogP contribution in [0.3, 0.4) is 0 Å². The van der Waals surface area contributed by atoms with Gasteiger partial charge in [0.05, 0.1) is 6.61 Å². The van der Waals surface area contributed by atoms with Gasteiger partial charge >= 0.3 is 5.97 Å². The number of hydrogen-bond donors (Lipinski definition) is 0. The van der Waals surface area contributed by atoms with E-state index in [1.807, 2.05) is 6.92 Å². The Labute approximate surface area is 117 Å². The zero-order valence-corrected chi connectivity index (χ0v) is 12.4. The molecule has 0 unspecified atom stereocenters. The molecule has 19 heavy (non-hydrogen) atoms. The summed E-state index contributed by atoms with van der Waals surface area (Å²) in [5.41, 5.74) is 0. The molecule has 110 valence electrons. The smallest absolute Gasteiger partial charge is 0.305 e. The molecule has 0 aromatic rings. The minimum atomic E-state index is -0.0321. The van der Waals surface area contributed by atoms with E-state index in [4.69, 9.17) is 4.74 Å². The number of unbranched alkanes of at least 4 members (excludes halogenated alkanes) is 2. The lowest BCUT2D eigenvalue weighted by Crippen LogP contribution is -2.29.